The number of carbonyl (C=O) groups is 1. The lowest BCUT2D eigenvalue weighted by atomic mass is 10.2. The van der Waals surface area contributed by atoms with Gasteiger partial charge < -0.3 is 15.0 Å². The normalized spacial score (nSPS) is 13.3. The Hall–Kier alpha value is -2.49. The first-order chi connectivity index (χ1) is 9.74. The van der Waals surface area contributed by atoms with Crippen molar-refractivity contribution in [1.29, 1.82) is 0 Å². The third-order valence-electron chi connectivity index (χ3n) is 3.35. The molecule has 3 rings (SSSR count). The molecule has 1 heterocycles. The quantitative estimate of drug-likeness (QED) is 0.910. The van der Waals surface area contributed by atoms with E-state index in [0.29, 0.717) is 12.2 Å². The molecule has 1 aliphatic heterocycles. The van der Waals surface area contributed by atoms with Gasteiger partial charge in [0.2, 0.25) is 0 Å². The van der Waals surface area contributed by atoms with E-state index in [1.165, 1.54) is 0 Å². The third-order valence-corrected chi connectivity index (χ3v) is 3.35. The Morgan fingerprint density at radius 2 is 2.00 bits per heavy atom. The van der Waals surface area contributed by atoms with E-state index in [0.717, 1.165) is 23.7 Å². The summed E-state index contributed by atoms with van der Waals surface area (Å²) in [5.74, 6) is 0.751. The van der Waals surface area contributed by atoms with Crippen molar-refractivity contribution in [2.75, 3.05) is 30.4 Å². The van der Waals surface area contributed by atoms with Gasteiger partial charge in [0.25, 0.3) is 5.91 Å². The summed E-state index contributed by atoms with van der Waals surface area (Å²) < 4.78 is 5.58. The number of carbonyl (C=O) groups excluding carboxylic acids is 1. The number of ether oxygens (including phenoxy) is 1. The molecule has 1 amide bonds. The van der Waals surface area contributed by atoms with Gasteiger partial charge in [-0.3, -0.25) is 4.79 Å². The minimum Gasteiger partial charge on any atom is -0.490 e. The maximum Gasteiger partial charge on any atom is 0.255 e. The zero-order valence-electron chi connectivity index (χ0n) is 11.3. The van der Waals surface area contributed by atoms with Crippen LogP contribution < -0.4 is 15.0 Å². The molecular weight excluding hydrogens is 252 g/mol. The van der Waals surface area contributed by atoms with Crippen molar-refractivity contribution in [3.63, 3.8) is 0 Å². The Morgan fingerprint density at radius 3 is 2.80 bits per heavy atom. The third kappa shape index (κ3) is 2.45. The molecule has 0 spiro atoms. The van der Waals surface area contributed by atoms with Gasteiger partial charge in [0, 0.05) is 18.3 Å². The molecular formula is C16H16N2O2. The van der Waals surface area contributed by atoms with Crippen LogP contribution in [0.4, 0.5) is 11.4 Å². The molecule has 0 saturated carbocycles. The van der Waals surface area contributed by atoms with E-state index < -0.39 is 0 Å². The summed E-state index contributed by atoms with van der Waals surface area (Å²) in [6.45, 7) is 1.54. The Labute approximate surface area is 118 Å². The molecule has 102 valence electrons. The molecule has 2 aromatic rings. The lowest BCUT2D eigenvalue weighted by Gasteiger charge is -2.28. The molecule has 1 aliphatic rings. The second kappa shape index (κ2) is 5.25. The summed E-state index contributed by atoms with van der Waals surface area (Å²) in [6.07, 6.45) is 0. The minimum atomic E-state index is -0.107. The molecule has 0 atom stereocenters. The average Bonchev–Trinajstić information content (AvgIpc) is 2.49. The highest BCUT2D eigenvalue weighted by Crippen LogP contribution is 2.33. The van der Waals surface area contributed by atoms with Gasteiger partial charge in [-0.05, 0) is 30.3 Å². The molecule has 0 radical (unpaired) electrons. The second-order valence-corrected chi connectivity index (χ2v) is 4.77. The Balaban J connectivity index is 1.82. The Kier molecular flexibility index (Phi) is 3.29. The largest absolute Gasteiger partial charge is 0.490 e. The van der Waals surface area contributed by atoms with Crippen molar-refractivity contribution < 1.29 is 9.53 Å². The van der Waals surface area contributed by atoms with E-state index in [1.54, 1.807) is 12.1 Å². The summed E-state index contributed by atoms with van der Waals surface area (Å²) >= 11 is 0. The van der Waals surface area contributed by atoms with E-state index >= 15 is 0 Å². The number of hydrogen-bond donors (Lipinski definition) is 1. The summed E-state index contributed by atoms with van der Waals surface area (Å²) in [7, 11) is 2.02. The van der Waals surface area contributed by atoms with E-state index in [9.17, 15) is 4.79 Å². The topological polar surface area (TPSA) is 41.6 Å². The van der Waals surface area contributed by atoms with Crippen LogP contribution in [0.1, 0.15) is 10.4 Å². The number of nitrogens with zero attached hydrogens (tertiary/aromatic N) is 1. The van der Waals surface area contributed by atoms with Gasteiger partial charge in [0.1, 0.15) is 12.4 Å². The van der Waals surface area contributed by atoms with E-state index in [1.807, 2.05) is 43.4 Å². The van der Waals surface area contributed by atoms with Crippen LogP contribution in [0.5, 0.6) is 5.75 Å². The van der Waals surface area contributed by atoms with Gasteiger partial charge >= 0.3 is 0 Å². The predicted octanol–water partition coefficient (Wildman–Crippen LogP) is 2.77. The molecule has 0 bridgehead atoms. The monoisotopic (exact) mass is 268 g/mol. The van der Waals surface area contributed by atoms with E-state index in [2.05, 4.69) is 10.2 Å². The fourth-order valence-corrected chi connectivity index (χ4v) is 2.22. The molecule has 1 N–H and O–H groups in total. The highest BCUT2D eigenvalue weighted by molar-refractivity contribution is 6.04. The van der Waals surface area contributed by atoms with Crippen LogP contribution in [0, 0.1) is 0 Å². The standard InChI is InChI=1S/C16H16N2O2/c1-18-9-10-20-15-8-7-13(11-14(15)18)17-16(19)12-5-3-2-4-6-12/h2-8,11H,9-10H2,1H3,(H,17,19). The molecule has 0 unspecified atom stereocenters. The van der Waals surface area contributed by atoms with Crippen LogP contribution in [0.3, 0.4) is 0 Å². The number of hydrogen-bond acceptors (Lipinski definition) is 3. The average molecular weight is 268 g/mol. The summed E-state index contributed by atoms with van der Waals surface area (Å²) in [4.78, 5) is 14.2. The molecule has 4 nitrogen and oxygen atoms in total. The molecule has 4 heteroatoms. The fourth-order valence-electron chi connectivity index (χ4n) is 2.22. The zero-order valence-corrected chi connectivity index (χ0v) is 11.3. The molecule has 2 aromatic carbocycles. The molecule has 20 heavy (non-hydrogen) atoms. The van der Waals surface area contributed by atoms with Gasteiger partial charge in [-0.25, -0.2) is 0 Å². The SMILES string of the molecule is CN1CCOc2ccc(NC(=O)c3ccccc3)cc21. The van der Waals surface area contributed by atoms with E-state index in [4.69, 9.17) is 4.74 Å². The van der Waals surface area contributed by atoms with Gasteiger partial charge in [-0.1, -0.05) is 18.2 Å². The number of likely N-dealkylation sites (N-methyl/N-ethyl adjacent to an activating group) is 1. The van der Waals surface area contributed by atoms with Crippen molar-refractivity contribution in [2.24, 2.45) is 0 Å². The van der Waals surface area contributed by atoms with Gasteiger partial charge in [0.15, 0.2) is 0 Å². The van der Waals surface area contributed by atoms with Gasteiger partial charge in [-0.15, -0.1) is 0 Å². The highest BCUT2D eigenvalue weighted by atomic mass is 16.5. The number of benzene rings is 2. The summed E-state index contributed by atoms with van der Waals surface area (Å²) in [5, 5.41) is 2.91. The number of nitrogens with one attached hydrogen (secondary N) is 1. The first-order valence-electron chi connectivity index (χ1n) is 6.58. The molecule has 0 aromatic heterocycles. The van der Waals surface area contributed by atoms with Crippen LogP contribution in [0.25, 0.3) is 0 Å². The summed E-state index contributed by atoms with van der Waals surface area (Å²) in [5.41, 5.74) is 2.42. The maximum absolute atomic E-state index is 12.1. The molecule has 0 aliphatic carbocycles. The van der Waals surface area contributed by atoms with Crippen LogP contribution >= 0.6 is 0 Å². The first kappa shape index (κ1) is 12.5. The van der Waals surface area contributed by atoms with Gasteiger partial charge in [0.05, 0.1) is 12.2 Å². The Morgan fingerprint density at radius 1 is 1.20 bits per heavy atom. The predicted molar refractivity (Wildman–Crippen MR) is 79.6 cm³/mol. The number of amides is 1. The van der Waals surface area contributed by atoms with Crippen LogP contribution in [-0.2, 0) is 0 Å². The number of rotatable bonds is 2. The van der Waals surface area contributed by atoms with Crippen molar-refractivity contribution >= 4 is 17.3 Å². The maximum atomic E-state index is 12.1. The summed E-state index contributed by atoms with van der Waals surface area (Å²) in [6, 6.07) is 14.9. The van der Waals surface area contributed by atoms with Crippen LogP contribution in [0.2, 0.25) is 0 Å². The van der Waals surface area contributed by atoms with E-state index in [-0.39, 0.29) is 5.91 Å². The number of fused-ring (bicyclic) bond motifs is 1. The first-order valence-corrected chi connectivity index (χ1v) is 6.58. The van der Waals surface area contributed by atoms with Crippen molar-refractivity contribution in [2.45, 2.75) is 0 Å². The van der Waals surface area contributed by atoms with Crippen LogP contribution in [-0.4, -0.2) is 26.1 Å². The van der Waals surface area contributed by atoms with Crippen molar-refractivity contribution in [3.8, 4) is 5.75 Å². The smallest absolute Gasteiger partial charge is 0.255 e. The second-order valence-electron chi connectivity index (χ2n) is 4.77. The highest BCUT2D eigenvalue weighted by Gasteiger charge is 2.15. The van der Waals surface area contributed by atoms with Crippen LogP contribution in [0.15, 0.2) is 48.5 Å². The van der Waals surface area contributed by atoms with Crippen molar-refractivity contribution in [3.05, 3.63) is 54.1 Å². The fraction of sp³-hybridized carbons (Fsp3) is 0.188. The lowest BCUT2D eigenvalue weighted by Crippen LogP contribution is -2.28. The molecule has 0 fully saturated rings. The lowest BCUT2D eigenvalue weighted by molar-refractivity contribution is 0.102. The minimum absolute atomic E-state index is 0.107. The number of anilines is 2. The van der Waals surface area contributed by atoms with Crippen molar-refractivity contribution in [1.82, 2.24) is 0 Å². The Bertz CT molecular complexity index is 626. The molecule has 0 saturated heterocycles. The van der Waals surface area contributed by atoms with Gasteiger partial charge in [-0.2, -0.15) is 0 Å². The zero-order chi connectivity index (χ0) is 13.9.